The highest BCUT2D eigenvalue weighted by Gasteiger charge is 1.76. The first-order valence-corrected chi connectivity index (χ1v) is 6.23. The topological polar surface area (TPSA) is 18.5 Å². The van der Waals surface area contributed by atoms with E-state index in [0.717, 1.165) is 10.5 Å². The van der Waals surface area contributed by atoms with E-state index >= 15 is 0 Å². The summed E-state index contributed by atoms with van der Waals surface area (Å²) in [4.78, 5) is 0. The lowest BCUT2D eigenvalue weighted by molar-refractivity contribution is 0.510. The maximum Gasteiger partial charge on any atom is 0.283 e. The van der Waals surface area contributed by atoms with E-state index in [-0.39, 0.29) is 0 Å². The van der Waals surface area contributed by atoms with Crippen molar-refractivity contribution in [2.75, 3.05) is 0 Å². The van der Waals surface area contributed by atoms with Crippen LogP contribution in [-0.2, 0) is 8.23 Å². The summed E-state index contributed by atoms with van der Waals surface area (Å²) < 4.78 is 9.63. The van der Waals surface area contributed by atoms with Gasteiger partial charge in [0.15, 0.2) is 0 Å². The van der Waals surface area contributed by atoms with Gasteiger partial charge in [0.1, 0.15) is 10.5 Å². The minimum absolute atomic E-state index is 0.587. The number of rotatable bonds is 3. The van der Waals surface area contributed by atoms with Crippen LogP contribution >= 0.6 is 11.1 Å². The van der Waals surface area contributed by atoms with E-state index in [9.17, 15) is 0 Å². The van der Waals surface area contributed by atoms with E-state index in [1.165, 1.54) is 0 Å². The average Bonchev–Trinajstić information content (AvgIpc) is 1.61. The van der Waals surface area contributed by atoms with E-state index in [1.807, 2.05) is 0 Å². The molecule has 0 unspecified atom stereocenters. The summed E-state index contributed by atoms with van der Waals surface area (Å²) in [5, 5.41) is 0. The van der Waals surface area contributed by atoms with Crippen LogP contribution in [0.3, 0.4) is 0 Å². The van der Waals surface area contributed by atoms with E-state index in [2.05, 4.69) is 0 Å². The number of halogens is 1. The van der Waals surface area contributed by atoms with Gasteiger partial charge in [0.05, 0.1) is 0 Å². The molecule has 6 heteroatoms. The lowest BCUT2D eigenvalue weighted by Gasteiger charge is -1.91. The summed E-state index contributed by atoms with van der Waals surface area (Å²) >= 11 is 5.27. The molecule has 0 aliphatic heterocycles. The minimum Gasteiger partial charge on any atom is -0.449 e. The zero-order valence-electron chi connectivity index (χ0n) is 3.61. The predicted octanol–water partition coefficient (Wildman–Crippen LogP) is -2.46. The molecule has 0 aliphatic rings. The van der Waals surface area contributed by atoms with Gasteiger partial charge in [0, 0.05) is 0 Å². The van der Waals surface area contributed by atoms with Crippen molar-refractivity contribution in [3.63, 3.8) is 0 Å². The number of hydrogen-bond acceptors (Lipinski definition) is 2. The Hall–Kier alpha value is 0.861. The van der Waals surface area contributed by atoms with Gasteiger partial charge in [-0.1, -0.05) is 0 Å². The maximum atomic E-state index is 5.27. The van der Waals surface area contributed by atoms with Gasteiger partial charge in [0.2, 0.25) is 9.07 Å². The van der Waals surface area contributed by atoms with Gasteiger partial charge in [-0.3, -0.25) is 0 Å². The Morgan fingerprint density at radius 1 is 1.67 bits per heavy atom. The minimum atomic E-state index is -0.666. The second-order valence-electron chi connectivity index (χ2n) is 0.720. The SMILES string of the molecule is [SiH3]O[SiH2]O[SiH2]Cl. The van der Waals surface area contributed by atoms with Crippen molar-refractivity contribution in [1.29, 1.82) is 0 Å². The van der Waals surface area contributed by atoms with E-state index in [1.54, 1.807) is 0 Å². The van der Waals surface area contributed by atoms with Crippen molar-refractivity contribution in [2.45, 2.75) is 0 Å². The molecule has 0 atom stereocenters. The second kappa shape index (κ2) is 5.86. The largest absolute Gasteiger partial charge is 0.449 e. The van der Waals surface area contributed by atoms with Crippen molar-refractivity contribution in [3.05, 3.63) is 0 Å². The van der Waals surface area contributed by atoms with Gasteiger partial charge in [-0.05, 0) is 0 Å². The van der Waals surface area contributed by atoms with E-state index in [4.69, 9.17) is 19.3 Å². The van der Waals surface area contributed by atoms with Crippen LogP contribution in [0.1, 0.15) is 0 Å². The molecule has 0 heterocycles. The van der Waals surface area contributed by atoms with Gasteiger partial charge in [-0.25, -0.2) is 0 Å². The molecule has 0 aromatic rings. The van der Waals surface area contributed by atoms with Crippen LogP contribution in [-0.4, -0.2) is 29.6 Å². The van der Waals surface area contributed by atoms with Crippen molar-refractivity contribution in [1.82, 2.24) is 0 Å². The lowest BCUT2D eigenvalue weighted by atomic mass is 15.8. The summed E-state index contributed by atoms with van der Waals surface area (Å²) in [6.07, 6.45) is 0. The van der Waals surface area contributed by atoms with Gasteiger partial charge < -0.3 is 8.23 Å². The quantitative estimate of drug-likeness (QED) is 0.258. The zero-order chi connectivity index (χ0) is 4.83. The molecule has 0 amide bonds. The normalized spacial score (nSPS) is 13.5. The molecule has 0 radical (unpaired) electrons. The second-order valence-corrected chi connectivity index (χ2v) is 5.77. The molecule has 0 N–H and O–H groups in total. The van der Waals surface area contributed by atoms with Crippen LogP contribution in [0.5, 0.6) is 0 Å². The maximum absolute atomic E-state index is 5.27. The molecule has 0 aliphatic carbocycles. The van der Waals surface area contributed by atoms with Crippen LogP contribution in [0, 0.1) is 0 Å². The molecule has 0 saturated heterocycles. The molecular formula is H7ClO2Si3. The molecular weight excluding hydrogens is 152 g/mol. The molecule has 0 spiro atoms. The molecule has 0 aromatic heterocycles. The standard InChI is InChI=1S/ClH7O2Si3/c1-5-3-6-2-4/h5-6H2,4H3. The lowest BCUT2D eigenvalue weighted by Crippen LogP contribution is -2.01. The fraction of sp³-hybridized carbons (Fsp3) is 0. The summed E-state index contributed by atoms with van der Waals surface area (Å²) in [6.45, 7) is 0. The Morgan fingerprint density at radius 3 is 2.50 bits per heavy atom. The summed E-state index contributed by atoms with van der Waals surface area (Å²) in [6, 6.07) is 0. The third-order valence-corrected chi connectivity index (χ3v) is 3.89. The number of hydrogen-bond donors (Lipinski definition) is 0. The smallest absolute Gasteiger partial charge is 0.283 e. The van der Waals surface area contributed by atoms with Gasteiger partial charge >= 0.3 is 0 Å². The van der Waals surface area contributed by atoms with E-state index < -0.39 is 19.1 Å². The van der Waals surface area contributed by atoms with Crippen molar-refractivity contribution in [3.8, 4) is 0 Å². The molecule has 38 valence electrons. The van der Waals surface area contributed by atoms with Crippen LogP contribution in [0.15, 0.2) is 0 Å². The van der Waals surface area contributed by atoms with Gasteiger partial charge in [0.25, 0.3) is 10.0 Å². The van der Waals surface area contributed by atoms with Crippen molar-refractivity contribution in [2.24, 2.45) is 0 Å². The van der Waals surface area contributed by atoms with Crippen molar-refractivity contribution >= 4 is 40.6 Å². The third kappa shape index (κ3) is 4.86. The van der Waals surface area contributed by atoms with Crippen LogP contribution in [0.2, 0.25) is 0 Å². The summed E-state index contributed by atoms with van der Waals surface area (Å²) in [5.41, 5.74) is 0. The Balaban J connectivity index is 2.34. The highest BCUT2D eigenvalue weighted by molar-refractivity contribution is 6.91. The molecule has 0 fully saturated rings. The first kappa shape index (κ1) is 6.86. The summed E-state index contributed by atoms with van der Waals surface area (Å²) in [7, 11) is -0.449. The summed E-state index contributed by atoms with van der Waals surface area (Å²) in [5.74, 6) is 0. The molecule has 0 bridgehead atoms. The monoisotopic (exact) mass is 158 g/mol. The average molecular weight is 159 g/mol. The van der Waals surface area contributed by atoms with Gasteiger partial charge in [-0.2, -0.15) is 0 Å². The third-order valence-electron chi connectivity index (χ3n) is 0.278. The molecule has 0 rings (SSSR count). The fourth-order valence-electron chi connectivity index (χ4n) is 0.115. The molecule has 6 heavy (non-hydrogen) atoms. The molecule has 0 aromatic carbocycles. The van der Waals surface area contributed by atoms with Crippen LogP contribution in [0.25, 0.3) is 0 Å². The first-order valence-electron chi connectivity index (χ1n) is 1.54. The zero-order valence-corrected chi connectivity index (χ0v) is 9.19. The van der Waals surface area contributed by atoms with Gasteiger partial charge in [-0.15, -0.1) is 11.1 Å². The Bertz CT molecular complexity index is 20.8. The van der Waals surface area contributed by atoms with Crippen LogP contribution < -0.4 is 0 Å². The van der Waals surface area contributed by atoms with E-state index in [0.29, 0.717) is 0 Å². The van der Waals surface area contributed by atoms with Crippen LogP contribution in [0.4, 0.5) is 0 Å². The fourth-order valence-corrected chi connectivity index (χ4v) is 3.10. The molecule has 2 nitrogen and oxygen atoms in total. The Labute approximate surface area is 49.4 Å². The molecule has 0 saturated carbocycles. The van der Waals surface area contributed by atoms with Crippen molar-refractivity contribution < 1.29 is 8.23 Å². The predicted molar refractivity (Wildman–Crippen MR) is 35.1 cm³/mol. The Kier molecular flexibility index (Phi) is 6.70. The Morgan fingerprint density at radius 2 is 2.33 bits per heavy atom. The highest BCUT2D eigenvalue weighted by atomic mass is 35.6. The first-order chi connectivity index (χ1) is 2.91. The highest BCUT2D eigenvalue weighted by Crippen LogP contribution is 1.68.